The predicted molar refractivity (Wildman–Crippen MR) is 55.6 cm³/mol. The number of hydrogen-bond donors (Lipinski definition) is 2. The highest BCUT2D eigenvalue weighted by molar-refractivity contribution is 5.42. The molecule has 0 radical (unpaired) electrons. The van der Waals surface area contributed by atoms with Gasteiger partial charge in [0.1, 0.15) is 5.82 Å². The van der Waals surface area contributed by atoms with E-state index in [1.807, 2.05) is 12.2 Å². The Morgan fingerprint density at radius 2 is 2.43 bits per heavy atom. The normalized spacial score (nSPS) is 10.0. The minimum Gasteiger partial charge on any atom is -0.367 e. The van der Waals surface area contributed by atoms with E-state index in [-0.39, 0.29) is 0 Å². The van der Waals surface area contributed by atoms with Gasteiger partial charge in [0.15, 0.2) is 0 Å². The molecule has 0 saturated carbocycles. The molecule has 3 N–H and O–H groups in total. The van der Waals surface area contributed by atoms with E-state index in [2.05, 4.69) is 16.4 Å². The number of nitriles is 1. The third kappa shape index (κ3) is 3.25. The maximum Gasteiger partial charge on any atom is 0.127 e. The van der Waals surface area contributed by atoms with Crippen LogP contribution in [0.15, 0.2) is 30.5 Å². The molecule has 0 atom stereocenters. The quantitative estimate of drug-likeness (QED) is 0.688. The fourth-order valence-corrected chi connectivity index (χ4v) is 0.940. The van der Waals surface area contributed by atoms with E-state index in [9.17, 15) is 0 Å². The smallest absolute Gasteiger partial charge is 0.127 e. The maximum atomic E-state index is 8.64. The zero-order valence-electron chi connectivity index (χ0n) is 7.77. The third-order valence-electron chi connectivity index (χ3n) is 1.59. The van der Waals surface area contributed by atoms with E-state index >= 15 is 0 Å². The van der Waals surface area contributed by atoms with Crippen molar-refractivity contribution in [2.45, 2.75) is 0 Å². The van der Waals surface area contributed by atoms with Gasteiger partial charge in [0.25, 0.3) is 0 Å². The molecule has 0 saturated heterocycles. The SMILES string of the molecule is N#Cc1ccnc(NC/C=C/CN)c1. The van der Waals surface area contributed by atoms with Crippen LogP contribution < -0.4 is 11.1 Å². The van der Waals surface area contributed by atoms with Crippen molar-refractivity contribution >= 4 is 5.82 Å². The van der Waals surface area contributed by atoms with Crippen LogP contribution in [0.2, 0.25) is 0 Å². The molecule has 0 unspecified atom stereocenters. The third-order valence-corrected chi connectivity index (χ3v) is 1.59. The number of aromatic nitrogens is 1. The number of nitrogens with zero attached hydrogens (tertiary/aromatic N) is 2. The second-order valence-electron chi connectivity index (χ2n) is 2.63. The average Bonchev–Trinajstić information content (AvgIpc) is 2.25. The van der Waals surface area contributed by atoms with E-state index < -0.39 is 0 Å². The highest BCUT2D eigenvalue weighted by Crippen LogP contribution is 2.04. The standard InChI is InChI=1S/C10H12N4/c11-4-1-2-5-13-10-7-9(8-12)3-6-14-10/h1-3,6-7H,4-5,11H2,(H,13,14)/b2-1+. The van der Waals surface area contributed by atoms with Crippen LogP contribution in [0.4, 0.5) is 5.82 Å². The Labute approximate surface area is 83.1 Å². The van der Waals surface area contributed by atoms with E-state index in [4.69, 9.17) is 11.0 Å². The number of hydrogen-bond acceptors (Lipinski definition) is 4. The molecule has 0 amide bonds. The molecular weight excluding hydrogens is 176 g/mol. The minimum atomic E-state index is 0.535. The molecule has 72 valence electrons. The van der Waals surface area contributed by atoms with Crippen LogP contribution in [0.25, 0.3) is 0 Å². The van der Waals surface area contributed by atoms with Gasteiger partial charge in [0, 0.05) is 19.3 Å². The van der Waals surface area contributed by atoms with Crippen LogP contribution in [0, 0.1) is 11.3 Å². The lowest BCUT2D eigenvalue weighted by atomic mass is 10.3. The van der Waals surface area contributed by atoms with Crippen molar-refractivity contribution in [2.75, 3.05) is 18.4 Å². The van der Waals surface area contributed by atoms with Gasteiger partial charge in [-0.15, -0.1) is 0 Å². The Balaban J connectivity index is 2.51. The summed E-state index contributed by atoms with van der Waals surface area (Å²) in [5.41, 5.74) is 5.88. The molecule has 1 rings (SSSR count). The van der Waals surface area contributed by atoms with Gasteiger partial charge in [-0.1, -0.05) is 12.2 Å². The Morgan fingerprint density at radius 1 is 1.57 bits per heavy atom. The first kappa shape index (κ1) is 10.2. The summed E-state index contributed by atoms with van der Waals surface area (Å²) in [6.07, 6.45) is 5.38. The first-order valence-corrected chi connectivity index (χ1v) is 4.32. The fraction of sp³-hybridized carbons (Fsp3) is 0.200. The van der Waals surface area contributed by atoms with Crippen LogP contribution in [0.1, 0.15) is 5.56 Å². The number of nitrogens with two attached hydrogens (primary N) is 1. The lowest BCUT2D eigenvalue weighted by molar-refractivity contribution is 1.19. The summed E-state index contributed by atoms with van der Waals surface area (Å²) in [6, 6.07) is 5.42. The monoisotopic (exact) mass is 188 g/mol. The maximum absolute atomic E-state index is 8.64. The van der Waals surface area contributed by atoms with E-state index in [1.54, 1.807) is 18.3 Å². The molecule has 0 fully saturated rings. The summed E-state index contributed by atoms with van der Waals surface area (Å²) < 4.78 is 0. The predicted octanol–water partition coefficient (Wildman–Crippen LogP) is 0.880. The molecule has 0 aliphatic rings. The van der Waals surface area contributed by atoms with Gasteiger partial charge in [0.05, 0.1) is 11.6 Å². The highest BCUT2D eigenvalue weighted by Gasteiger charge is 1.93. The fourth-order valence-electron chi connectivity index (χ4n) is 0.940. The number of rotatable bonds is 4. The van der Waals surface area contributed by atoms with Gasteiger partial charge in [-0.2, -0.15) is 5.26 Å². The zero-order chi connectivity index (χ0) is 10.2. The molecule has 4 nitrogen and oxygen atoms in total. The van der Waals surface area contributed by atoms with Crippen LogP contribution in [0.3, 0.4) is 0 Å². The molecular formula is C10H12N4. The van der Waals surface area contributed by atoms with Crippen molar-refractivity contribution in [1.82, 2.24) is 4.98 Å². The van der Waals surface area contributed by atoms with Crippen molar-refractivity contribution in [3.8, 4) is 6.07 Å². The first-order chi connectivity index (χ1) is 6.86. The molecule has 4 heteroatoms. The highest BCUT2D eigenvalue weighted by atomic mass is 15.0. The molecule has 1 aromatic heterocycles. The zero-order valence-corrected chi connectivity index (χ0v) is 7.77. The van der Waals surface area contributed by atoms with Crippen molar-refractivity contribution < 1.29 is 0 Å². The van der Waals surface area contributed by atoms with E-state index in [0.29, 0.717) is 24.5 Å². The summed E-state index contributed by atoms with van der Waals surface area (Å²) in [5, 5.41) is 11.7. The molecule has 1 heterocycles. The first-order valence-electron chi connectivity index (χ1n) is 4.32. The van der Waals surface area contributed by atoms with Gasteiger partial charge in [0.2, 0.25) is 0 Å². The van der Waals surface area contributed by atoms with Crippen molar-refractivity contribution in [1.29, 1.82) is 5.26 Å². The van der Waals surface area contributed by atoms with Gasteiger partial charge >= 0.3 is 0 Å². The second kappa shape index (κ2) is 5.73. The number of pyridine rings is 1. The second-order valence-corrected chi connectivity index (χ2v) is 2.63. The molecule has 14 heavy (non-hydrogen) atoms. The van der Waals surface area contributed by atoms with Crippen molar-refractivity contribution in [3.63, 3.8) is 0 Å². The summed E-state index contributed by atoms with van der Waals surface area (Å²) >= 11 is 0. The molecule has 0 bridgehead atoms. The summed E-state index contributed by atoms with van der Waals surface area (Å²) in [4.78, 5) is 4.06. The van der Waals surface area contributed by atoms with Gasteiger partial charge in [-0.3, -0.25) is 0 Å². The van der Waals surface area contributed by atoms with E-state index in [0.717, 1.165) is 0 Å². The molecule has 0 aliphatic carbocycles. The summed E-state index contributed by atoms with van der Waals surface area (Å²) in [5.74, 6) is 0.700. The Bertz CT molecular complexity index is 351. The van der Waals surface area contributed by atoms with Crippen molar-refractivity contribution in [3.05, 3.63) is 36.0 Å². The molecule has 0 spiro atoms. The molecule has 1 aromatic rings. The Hall–Kier alpha value is -1.86. The van der Waals surface area contributed by atoms with Crippen LogP contribution in [-0.4, -0.2) is 18.1 Å². The van der Waals surface area contributed by atoms with Crippen LogP contribution in [-0.2, 0) is 0 Å². The molecule has 0 aromatic carbocycles. The average molecular weight is 188 g/mol. The number of anilines is 1. The van der Waals surface area contributed by atoms with E-state index in [1.165, 1.54) is 0 Å². The Kier molecular flexibility index (Phi) is 4.18. The topological polar surface area (TPSA) is 74.7 Å². The largest absolute Gasteiger partial charge is 0.367 e. The van der Waals surface area contributed by atoms with Gasteiger partial charge in [-0.05, 0) is 12.1 Å². The lowest BCUT2D eigenvalue weighted by Gasteiger charge is -2.01. The van der Waals surface area contributed by atoms with Crippen molar-refractivity contribution in [2.24, 2.45) is 5.73 Å². The summed E-state index contributed by atoms with van der Waals surface area (Å²) in [7, 11) is 0. The lowest BCUT2D eigenvalue weighted by Crippen LogP contribution is -2.01. The van der Waals surface area contributed by atoms with Crippen LogP contribution >= 0.6 is 0 Å². The van der Waals surface area contributed by atoms with Gasteiger partial charge in [-0.25, -0.2) is 4.98 Å². The minimum absolute atomic E-state index is 0.535. The van der Waals surface area contributed by atoms with Crippen LogP contribution in [0.5, 0.6) is 0 Å². The van der Waals surface area contributed by atoms with Gasteiger partial charge < -0.3 is 11.1 Å². The summed E-state index contributed by atoms with van der Waals surface area (Å²) in [6.45, 7) is 1.20. The molecule has 0 aliphatic heterocycles. The Morgan fingerprint density at radius 3 is 3.14 bits per heavy atom. The number of nitrogens with one attached hydrogen (secondary N) is 1.